The van der Waals surface area contributed by atoms with Crippen LogP contribution in [-0.4, -0.2) is 79.7 Å². The van der Waals surface area contributed by atoms with Crippen LogP contribution in [0.3, 0.4) is 0 Å². The first kappa shape index (κ1) is 38.3. The van der Waals surface area contributed by atoms with Gasteiger partial charge in [0, 0.05) is 37.1 Å². The monoisotopic (exact) mass is 716 g/mol. The van der Waals surface area contributed by atoms with E-state index in [1.165, 1.54) is 56.9 Å². The second-order valence-corrected chi connectivity index (χ2v) is 22.2. The number of fused-ring (bicyclic) bond motifs is 7. The van der Waals surface area contributed by atoms with Crippen molar-refractivity contribution in [3.05, 3.63) is 12.2 Å². The Kier molecular flexibility index (Phi) is 10.3. The first-order valence-corrected chi connectivity index (χ1v) is 21.8. The Labute approximate surface area is 303 Å². The van der Waals surface area contributed by atoms with Gasteiger partial charge in [-0.05, 0) is 123 Å². The van der Waals surface area contributed by atoms with Crippen molar-refractivity contribution in [3.63, 3.8) is 0 Å². The molecule has 0 spiro atoms. The molecule has 0 aromatic carbocycles. The van der Waals surface area contributed by atoms with E-state index in [2.05, 4.69) is 51.4 Å². The van der Waals surface area contributed by atoms with Crippen LogP contribution < -0.4 is 5.32 Å². The van der Waals surface area contributed by atoms with Gasteiger partial charge in [-0.15, -0.1) is 0 Å². The van der Waals surface area contributed by atoms with Gasteiger partial charge in [0.1, 0.15) is 6.10 Å². The molecule has 9 heteroatoms. The van der Waals surface area contributed by atoms with Crippen molar-refractivity contribution in [2.45, 2.75) is 137 Å². The fraction of sp³-hybridized carbons (Fsp3) is 0.902. The summed E-state index contributed by atoms with van der Waals surface area (Å²) in [4.78, 5) is 26.9. The van der Waals surface area contributed by atoms with E-state index >= 15 is 0 Å². The molecule has 5 aliphatic carbocycles. The number of ether oxygens (including phenoxy) is 1. The molecular weight excluding hydrogens is 649 g/mol. The minimum atomic E-state index is -2.87. The normalized spacial score (nSPS) is 42.3. The second-order valence-electron chi connectivity index (χ2n) is 19.9. The average Bonchev–Trinajstić information content (AvgIpc) is 3.38. The molecule has 8 nitrogen and oxygen atoms in total. The van der Waals surface area contributed by atoms with Gasteiger partial charge >= 0.3 is 11.9 Å². The Morgan fingerprint density at radius 2 is 1.52 bits per heavy atom. The number of carboxylic acids is 1. The van der Waals surface area contributed by atoms with Crippen LogP contribution in [-0.2, 0) is 24.2 Å². The number of carboxylic acid groups (broad SMARTS) is 1. The fourth-order valence-electron chi connectivity index (χ4n) is 13.6. The molecule has 2 N–H and O–H groups in total. The van der Waals surface area contributed by atoms with E-state index in [-0.39, 0.29) is 52.8 Å². The number of nitrogens with one attached hydrogen (secondary N) is 1. The van der Waals surface area contributed by atoms with E-state index in [0.29, 0.717) is 54.0 Å². The summed E-state index contributed by atoms with van der Waals surface area (Å²) in [6.45, 7) is 23.6. The van der Waals surface area contributed by atoms with Gasteiger partial charge in [0.05, 0.1) is 24.3 Å². The predicted molar refractivity (Wildman–Crippen MR) is 198 cm³/mol. The Morgan fingerprint density at radius 1 is 0.880 bits per heavy atom. The minimum absolute atomic E-state index is 0.0439. The van der Waals surface area contributed by atoms with Crippen LogP contribution in [0, 0.1) is 57.2 Å². The quantitative estimate of drug-likeness (QED) is 0.182. The van der Waals surface area contributed by atoms with Gasteiger partial charge < -0.3 is 20.1 Å². The van der Waals surface area contributed by atoms with E-state index in [1.54, 1.807) is 0 Å². The topological polar surface area (TPSA) is 113 Å². The van der Waals surface area contributed by atoms with Crippen LogP contribution >= 0.6 is 0 Å². The molecule has 0 bridgehead atoms. The molecule has 0 aromatic heterocycles. The zero-order valence-electron chi connectivity index (χ0n) is 32.3. The smallest absolute Gasteiger partial charge is 0.306 e. The molecule has 1 saturated heterocycles. The third-order valence-electron chi connectivity index (χ3n) is 16.1. The molecule has 50 heavy (non-hydrogen) atoms. The molecule has 1 aliphatic heterocycles. The molecule has 6 rings (SSSR count). The maximum atomic E-state index is 13.2. The number of carbonyl (C=O) groups excluding carboxylic acids is 1. The highest BCUT2D eigenvalue weighted by Gasteiger charge is 2.67. The van der Waals surface area contributed by atoms with Crippen LogP contribution in [0.1, 0.15) is 126 Å². The van der Waals surface area contributed by atoms with Gasteiger partial charge in [0.25, 0.3) is 0 Å². The third kappa shape index (κ3) is 6.87. The standard InChI is InChI=1S/C41H68N2O6S/c1-27(2)28-13-16-41(42-19-20-43-21-23-50(47,48)24-22-43)18-17-39(7)29-11-12-32-38(5,6)33(49-35(46)26-37(3,4)25-34(44)45)14-15-40(32,8)30(29)9-10-31(39)36(28)41/h28-33,36,42H,1,9-26H2,2-8H3,(H,44,45). The maximum absolute atomic E-state index is 13.2. The molecule has 1 heterocycles. The Bertz CT molecular complexity index is 1430. The molecular formula is C41H68N2O6S. The molecule has 0 aromatic rings. The summed E-state index contributed by atoms with van der Waals surface area (Å²) in [6, 6.07) is 0. The zero-order valence-corrected chi connectivity index (χ0v) is 33.1. The Hall–Kier alpha value is -1.45. The first-order chi connectivity index (χ1) is 23.2. The summed E-state index contributed by atoms with van der Waals surface area (Å²) < 4.78 is 30.2. The number of allylic oxidation sites excluding steroid dienone is 1. The molecule has 6 aliphatic rings. The van der Waals surface area contributed by atoms with Crippen LogP contribution in [0.5, 0.6) is 0 Å². The van der Waals surface area contributed by atoms with Crippen molar-refractivity contribution in [1.29, 1.82) is 0 Å². The Morgan fingerprint density at radius 3 is 2.18 bits per heavy atom. The number of sulfone groups is 1. The van der Waals surface area contributed by atoms with Gasteiger partial charge in [-0.25, -0.2) is 8.42 Å². The minimum Gasteiger partial charge on any atom is -0.481 e. The van der Waals surface area contributed by atoms with Gasteiger partial charge in [-0.3, -0.25) is 9.59 Å². The summed E-state index contributed by atoms with van der Waals surface area (Å²) in [6.07, 6.45) is 11.8. The van der Waals surface area contributed by atoms with Crippen molar-refractivity contribution in [2.24, 2.45) is 57.2 Å². The van der Waals surface area contributed by atoms with E-state index < -0.39 is 21.2 Å². The summed E-state index contributed by atoms with van der Waals surface area (Å²) in [5.74, 6) is 3.13. The average molecular weight is 717 g/mol. The number of hydrogen-bond donors (Lipinski definition) is 2. The Balaban J connectivity index is 1.16. The van der Waals surface area contributed by atoms with Gasteiger partial charge in [-0.1, -0.05) is 53.7 Å². The zero-order chi connectivity index (χ0) is 36.5. The van der Waals surface area contributed by atoms with Crippen molar-refractivity contribution in [1.82, 2.24) is 10.2 Å². The molecule has 284 valence electrons. The molecule has 0 amide bonds. The van der Waals surface area contributed by atoms with Crippen molar-refractivity contribution in [3.8, 4) is 0 Å². The number of nitrogens with zero attached hydrogens (tertiary/aromatic N) is 1. The fourth-order valence-corrected chi connectivity index (χ4v) is 14.9. The van der Waals surface area contributed by atoms with Crippen molar-refractivity contribution in [2.75, 3.05) is 37.7 Å². The lowest BCUT2D eigenvalue weighted by molar-refractivity contribution is -0.212. The van der Waals surface area contributed by atoms with Gasteiger partial charge in [0.15, 0.2) is 9.84 Å². The predicted octanol–water partition coefficient (Wildman–Crippen LogP) is 7.13. The lowest BCUT2D eigenvalue weighted by Crippen LogP contribution is -2.65. The molecule has 6 fully saturated rings. The lowest BCUT2D eigenvalue weighted by atomic mass is 9.37. The third-order valence-corrected chi connectivity index (χ3v) is 17.7. The number of esters is 1. The van der Waals surface area contributed by atoms with Gasteiger partial charge in [0.2, 0.25) is 0 Å². The first-order valence-electron chi connectivity index (χ1n) is 20.0. The van der Waals surface area contributed by atoms with Gasteiger partial charge in [-0.2, -0.15) is 0 Å². The van der Waals surface area contributed by atoms with E-state index in [9.17, 15) is 23.1 Å². The van der Waals surface area contributed by atoms with E-state index in [1.807, 2.05) is 13.8 Å². The molecule has 10 unspecified atom stereocenters. The summed E-state index contributed by atoms with van der Waals surface area (Å²) in [7, 11) is -2.87. The van der Waals surface area contributed by atoms with Crippen LogP contribution in [0.2, 0.25) is 0 Å². The van der Waals surface area contributed by atoms with Crippen LogP contribution in [0.15, 0.2) is 12.2 Å². The van der Waals surface area contributed by atoms with E-state index in [0.717, 1.165) is 25.9 Å². The molecule has 10 atom stereocenters. The largest absolute Gasteiger partial charge is 0.481 e. The number of aliphatic carboxylic acids is 1. The number of carbonyl (C=O) groups is 2. The number of rotatable bonds is 10. The SMILES string of the molecule is C=C(C)C1CCC2(NCCN3CCS(=O)(=O)CC3)CCC3(C)C(CCC4C3CCC3C(C)(C)C(OC(=O)CC(C)(C)CC(=O)O)CCC43C)C12. The van der Waals surface area contributed by atoms with Crippen LogP contribution in [0.25, 0.3) is 0 Å². The summed E-state index contributed by atoms with van der Waals surface area (Å²) >= 11 is 0. The highest BCUT2D eigenvalue weighted by atomic mass is 32.2. The summed E-state index contributed by atoms with van der Waals surface area (Å²) in [5, 5.41) is 13.5. The van der Waals surface area contributed by atoms with Crippen LogP contribution in [0.4, 0.5) is 0 Å². The molecule has 5 saturated carbocycles. The van der Waals surface area contributed by atoms with Crippen molar-refractivity contribution < 1.29 is 27.9 Å². The lowest BCUT2D eigenvalue weighted by Gasteiger charge is -2.68. The second kappa shape index (κ2) is 13.4. The summed E-state index contributed by atoms with van der Waals surface area (Å²) in [5.41, 5.74) is 1.24. The molecule has 0 radical (unpaired) electrons. The highest BCUT2D eigenvalue weighted by molar-refractivity contribution is 7.91. The van der Waals surface area contributed by atoms with Crippen molar-refractivity contribution >= 4 is 21.8 Å². The highest BCUT2D eigenvalue weighted by Crippen LogP contribution is 2.72. The number of hydrogen-bond acceptors (Lipinski definition) is 7. The maximum Gasteiger partial charge on any atom is 0.306 e. The van der Waals surface area contributed by atoms with E-state index in [4.69, 9.17) is 4.74 Å².